The molecule has 6 heteroatoms. The number of imidazole rings is 1. The zero-order valence-corrected chi connectivity index (χ0v) is 14.8. The maximum absolute atomic E-state index is 11.7. The highest BCUT2D eigenvalue weighted by Crippen LogP contribution is 2.36. The third-order valence-corrected chi connectivity index (χ3v) is 5.35. The molecule has 0 fully saturated rings. The van der Waals surface area contributed by atoms with Crippen molar-refractivity contribution in [1.82, 2.24) is 9.38 Å². The highest BCUT2D eigenvalue weighted by Gasteiger charge is 2.23. The molecule has 4 rings (SSSR count). The van der Waals surface area contributed by atoms with Gasteiger partial charge >= 0.3 is 5.97 Å². The molecule has 2 heterocycles. The summed E-state index contributed by atoms with van der Waals surface area (Å²) in [7, 11) is 0. The number of carboxylic acid groups (broad SMARTS) is 1. The van der Waals surface area contributed by atoms with Crippen molar-refractivity contribution in [3.8, 4) is 22.5 Å². The minimum atomic E-state index is -0.943. The molecule has 2 aromatic carbocycles. The Morgan fingerprint density at radius 1 is 1.08 bits per heavy atom. The summed E-state index contributed by atoms with van der Waals surface area (Å²) < 4.78 is 1.92. The Morgan fingerprint density at radius 3 is 2.40 bits per heavy atom. The van der Waals surface area contributed by atoms with Crippen LogP contribution in [0, 0.1) is 6.92 Å². The molecule has 4 nitrogen and oxygen atoms in total. The molecule has 0 unspecified atom stereocenters. The number of aryl methyl sites for hydroxylation is 1. The van der Waals surface area contributed by atoms with Gasteiger partial charge in [0.1, 0.15) is 4.88 Å². The van der Waals surface area contributed by atoms with Gasteiger partial charge < -0.3 is 5.11 Å². The molecular weight excluding hydrogens is 356 g/mol. The topological polar surface area (TPSA) is 54.6 Å². The molecular formula is C19H13ClN2O2S. The Kier molecular flexibility index (Phi) is 3.82. The van der Waals surface area contributed by atoms with Crippen molar-refractivity contribution in [2.24, 2.45) is 0 Å². The van der Waals surface area contributed by atoms with E-state index in [2.05, 4.69) is 4.98 Å². The number of carboxylic acids is 1. The summed E-state index contributed by atoms with van der Waals surface area (Å²) in [6, 6.07) is 17.0. The second-order valence-electron chi connectivity index (χ2n) is 5.62. The molecule has 0 radical (unpaired) electrons. The Balaban J connectivity index is 2.01. The van der Waals surface area contributed by atoms with Crippen LogP contribution in [0.25, 0.3) is 27.5 Å². The monoisotopic (exact) mass is 368 g/mol. The van der Waals surface area contributed by atoms with Gasteiger partial charge in [0, 0.05) is 21.8 Å². The van der Waals surface area contributed by atoms with Gasteiger partial charge in [-0.3, -0.25) is 4.40 Å². The van der Waals surface area contributed by atoms with Crippen LogP contribution in [-0.2, 0) is 0 Å². The number of aromatic carboxylic acids is 1. The third-order valence-electron chi connectivity index (χ3n) is 4.07. The van der Waals surface area contributed by atoms with Crippen LogP contribution in [0.2, 0.25) is 5.02 Å². The lowest BCUT2D eigenvalue weighted by atomic mass is 10.1. The maximum atomic E-state index is 11.7. The number of fused-ring (bicyclic) bond motifs is 1. The van der Waals surface area contributed by atoms with E-state index in [1.807, 2.05) is 65.9 Å². The Hall–Kier alpha value is -2.63. The van der Waals surface area contributed by atoms with Crippen LogP contribution < -0.4 is 0 Å². The maximum Gasteiger partial charge on any atom is 0.348 e. The molecule has 0 amide bonds. The molecule has 2 aromatic heterocycles. The van der Waals surface area contributed by atoms with Crippen molar-refractivity contribution in [2.75, 3.05) is 0 Å². The van der Waals surface area contributed by atoms with Crippen molar-refractivity contribution >= 4 is 33.9 Å². The summed E-state index contributed by atoms with van der Waals surface area (Å²) in [4.78, 5) is 17.4. The lowest BCUT2D eigenvalue weighted by Gasteiger charge is -2.05. The first-order chi connectivity index (χ1) is 12.1. The second-order valence-corrected chi connectivity index (χ2v) is 7.04. The summed E-state index contributed by atoms with van der Waals surface area (Å²) in [5, 5.41) is 10.3. The number of carbonyl (C=O) groups is 1. The summed E-state index contributed by atoms with van der Waals surface area (Å²) in [5.41, 5.74) is 4.21. The van der Waals surface area contributed by atoms with E-state index >= 15 is 0 Å². The Morgan fingerprint density at radius 2 is 1.76 bits per heavy atom. The molecule has 0 aliphatic heterocycles. The van der Waals surface area contributed by atoms with Crippen LogP contribution in [0.3, 0.4) is 0 Å². The smallest absolute Gasteiger partial charge is 0.348 e. The van der Waals surface area contributed by atoms with Gasteiger partial charge in [0.15, 0.2) is 4.96 Å². The average Bonchev–Trinajstić information content (AvgIpc) is 3.14. The normalized spacial score (nSPS) is 11.1. The van der Waals surface area contributed by atoms with Gasteiger partial charge in [-0.05, 0) is 19.1 Å². The van der Waals surface area contributed by atoms with Crippen molar-refractivity contribution in [1.29, 1.82) is 0 Å². The fourth-order valence-electron chi connectivity index (χ4n) is 2.93. The minimum absolute atomic E-state index is 0.291. The SMILES string of the molecule is Cc1c(-c2ccc(Cl)cc2)nc2sc(C(=O)O)c(-c3ccccc3)n12. The van der Waals surface area contributed by atoms with Crippen LogP contribution >= 0.6 is 22.9 Å². The first-order valence-electron chi connectivity index (χ1n) is 7.63. The van der Waals surface area contributed by atoms with Crippen LogP contribution in [0.15, 0.2) is 54.6 Å². The zero-order chi connectivity index (χ0) is 17.6. The zero-order valence-electron chi connectivity index (χ0n) is 13.2. The van der Waals surface area contributed by atoms with Gasteiger partial charge in [-0.25, -0.2) is 9.78 Å². The lowest BCUT2D eigenvalue weighted by molar-refractivity contribution is 0.0702. The predicted octanol–water partition coefficient (Wildman–Crippen LogP) is 5.39. The summed E-state index contributed by atoms with van der Waals surface area (Å²) in [6.07, 6.45) is 0. The van der Waals surface area contributed by atoms with Gasteiger partial charge in [0.05, 0.1) is 11.4 Å². The Bertz CT molecular complexity index is 1080. The van der Waals surface area contributed by atoms with Crippen molar-refractivity contribution in [3.63, 3.8) is 0 Å². The number of benzene rings is 2. The number of nitrogens with zero attached hydrogens (tertiary/aromatic N) is 2. The van der Waals surface area contributed by atoms with E-state index in [4.69, 9.17) is 11.6 Å². The average molecular weight is 369 g/mol. The third kappa shape index (κ3) is 2.62. The summed E-state index contributed by atoms with van der Waals surface area (Å²) in [6.45, 7) is 1.95. The number of hydrogen-bond acceptors (Lipinski definition) is 3. The molecule has 1 N–H and O–H groups in total. The quantitative estimate of drug-likeness (QED) is 0.527. The fourth-order valence-corrected chi connectivity index (χ4v) is 4.09. The van der Waals surface area contributed by atoms with Gasteiger partial charge in [0.2, 0.25) is 0 Å². The number of aromatic nitrogens is 2. The first kappa shape index (κ1) is 15.9. The number of thiazole rings is 1. The summed E-state index contributed by atoms with van der Waals surface area (Å²) >= 11 is 7.15. The molecule has 0 spiro atoms. The fraction of sp³-hybridized carbons (Fsp3) is 0.0526. The van der Waals surface area contributed by atoms with E-state index in [0.717, 1.165) is 22.5 Å². The predicted molar refractivity (Wildman–Crippen MR) is 101 cm³/mol. The van der Waals surface area contributed by atoms with Gasteiger partial charge in [-0.2, -0.15) is 0 Å². The standard InChI is InChI=1S/C19H13ClN2O2S/c1-11-15(12-7-9-14(20)10-8-12)21-19-22(11)16(17(25-19)18(23)24)13-5-3-2-4-6-13/h2-10H,1H3,(H,23,24). The molecule has 124 valence electrons. The van der Waals surface area contributed by atoms with Crippen molar-refractivity contribution in [2.45, 2.75) is 6.92 Å². The van der Waals surface area contributed by atoms with Crippen LogP contribution in [-0.4, -0.2) is 20.5 Å². The van der Waals surface area contributed by atoms with Crippen LogP contribution in [0.4, 0.5) is 0 Å². The molecule has 0 bridgehead atoms. The molecule has 0 atom stereocenters. The number of halogens is 1. The molecule has 0 saturated heterocycles. The summed E-state index contributed by atoms with van der Waals surface area (Å²) in [5.74, 6) is -0.943. The largest absolute Gasteiger partial charge is 0.477 e. The lowest BCUT2D eigenvalue weighted by Crippen LogP contribution is -1.99. The van der Waals surface area contributed by atoms with E-state index < -0.39 is 5.97 Å². The molecule has 0 saturated carbocycles. The van der Waals surface area contributed by atoms with E-state index in [9.17, 15) is 9.90 Å². The van der Waals surface area contributed by atoms with Gasteiger partial charge in [-0.15, -0.1) is 0 Å². The van der Waals surface area contributed by atoms with Gasteiger partial charge in [0.25, 0.3) is 0 Å². The first-order valence-corrected chi connectivity index (χ1v) is 8.82. The van der Waals surface area contributed by atoms with E-state index in [1.165, 1.54) is 11.3 Å². The highest BCUT2D eigenvalue weighted by molar-refractivity contribution is 7.19. The van der Waals surface area contributed by atoms with Crippen molar-refractivity contribution in [3.05, 3.63) is 70.2 Å². The minimum Gasteiger partial charge on any atom is -0.477 e. The van der Waals surface area contributed by atoms with E-state index in [1.54, 1.807) is 0 Å². The molecule has 0 aliphatic carbocycles. The van der Waals surface area contributed by atoms with Crippen molar-refractivity contribution < 1.29 is 9.90 Å². The number of hydrogen-bond donors (Lipinski definition) is 1. The van der Waals surface area contributed by atoms with Gasteiger partial charge in [-0.1, -0.05) is 65.4 Å². The highest BCUT2D eigenvalue weighted by atomic mass is 35.5. The molecule has 4 aromatic rings. The second kappa shape index (κ2) is 6.02. The van der Waals surface area contributed by atoms with E-state index in [-0.39, 0.29) is 0 Å². The molecule has 25 heavy (non-hydrogen) atoms. The Labute approximate surface area is 153 Å². The van der Waals surface area contributed by atoms with E-state index in [0.29, 0.717) is 20.6 Å². The van der Waals surface area contributed by atoms with Crippen LogP contribution in [0.5, 0.6) is 0 Å². The molecule has 0 aliphatic rings. The van der Waals surface area contributed by atoms with Crippen LogP contribution in [0.1, 0.15) is 15.4 Å². The number of rotatable bonds is 3.